The molecule has 0 spiro atoms. The van der Waals surface area contributed by atoms with Gasteiger partial charge in [0.25, 0.3) is 0 Å². The summed E-state index contributed by atoms with van der Waals surface area (Å²) >= 11 is 0. The molecule has 6 nitrogen and oxygen atoms in total. The third-order valence-corrected chi connectivity index (χ3v) is 3.52. The lowest BCUT2D eigenvalue weighted by Gasteiger charge is -2.20. The van der Waals surface area contributed by atoms with Gasteiger partial charge in [0.1, 0.15) is 0 Å². The molecule has 116 valence electrons. The van der Waals surface area contributed by atoms with E-state index in [1.807, 2.05) is 19.2 Å². The number of nitrogens with one attached hydrogen (secondary N) is 2. The first kappa shape index (κ1) is 15.6. The first-order valence-electron chi connectivity index (χ1n) is 7.46. The van der Waals surface area contributed by atoms with Gasteiger partial charge >= 0.3 is 6.03 Å². The SMILES string of the molecule is CN(CC1CCOC1)C(=O)NCCCNc1cccnc1. The van der Waals surface area contributed by atoms with Crippen LogP contribution >= 0.6 is 0 Å². The van der Waals surface area contributed by atoms with Gasteiger partial charge in [-0.15, -0.1) is 0 Å². The Morgan fingerprint density at radius 1 is 1.52 bits per heavy atom. The van der Waals surface area contributed by atoms with Gasteiger partial charge in [-0.2, -0.15) is 0 Å². The van der Waals surface area contributed by atoms with Crippen molar-refractivity contribution < 1.29 is 9.53 Å². The molecule has 2 N–H and O–H groups in total. The van der Waals surface area contributed by atoms with Gasteiger partial charge in [-0.05, 0) is 25.0 Å². The van der Waals surface area contributed by atoms with Crippen LogP contribution in [0.1, 0.15) is 12.8 Å². The molecule has 0 radical (unpaired) electrons. The summed E-state index contributed by atoms with van der Waals surface area (Å²) in [5.41, 5.74) is 1.00. The number of rotatable bonds is 7. The highest BCUT2D eigenvalue weighted by Gasteiger charge is 2.19. The van der Waals surface area contributed by atoms with E-state index >= 15 is 0 Å². The monoisotopic (exact) mass is 292 g/mol. The number of hydrogen-bond acceptors (Lipinski definition) is 4. The van der Waals surface area contributed by atoms with Crippen LogP contribution in [0.4, 0.5) is 10.5 Å². The van der Waals surface area contributed by atoms with Crippen molar-refractivity contribution in [3.63, 3.8) is 0 Å². The number of amides is 2. The average molecular weight is 292 g/mol. The summed E-state index contributed by atoms with van der Waals surface area (Å²) in [5, 5.41) is 6.20. The molecule has 1 fully saturated rings. The molecule has 21 heavy (non-hydrogen) atoms. The topological polar surface area (TPSA) is 66.5 Å². The van der Waals surface area contributed by atoms with E-state index < -0.39 is 0 Å². The van der Waals surface area contributed by atoms with Crippen LogP contribution in [-0.4, -0.2) is 55.8 Å². The Balaban J connectivity index is 1.54. The molecule has 1 atom stereocenters. The Kier molecular flexibility index (Phi) is 6.27. The van der Waals surface area contributed by atoms with Gasteiger partial charge in [-0.3, -0.25) is 4.98 Å². The lowest BCUT2D eigenvalue weighted by atomic mass is 10.1. The van der Waals surface area contributed by atoms with Crippen LogP contribution in [0, 0.1) is 5.92 Å². The molecule has 0 bridgehead atoms. The summed E-state index contributed by atoms with van der Waals surface area (Å²) in [4.78, 5) is 17.7. The number of carbonyl (C=O) groups excluding carboxylic acids is 1. The van der Waals surface area contributed by atoms with Crippen molar-refractivity contribution >= 4 is 11.7 Å². The molecule has 6 heteroatoms. The predicted octanol–water partition coefficient (Wildman–Crippen LogP) is 1.56. The highest BCUT2D eigenvalue weighted by Crippen LogP contribution is 2.13. The van der Waals surface area contributed by atoms with Crippen LogP contribution in [0.3, 0.4) is 0 Å². The largest absolute Gasteiger partial charge is 0.384 e. The molecule has 1 aromatic heterocycles. The summed E-state index contributed by atoms with van der Waals surface area (Å²) in [7, 11) is 1.83. The van der Waals surface area contributed by atoms with Crippen molar-refractivity contribution in [3.05, 3.63) is 24.5 Å². The van der Waals surface area contributed by atoms with Crippen LogP contribution < -0.4 is 10.6 Å². The smallest absolute Gasteiger partial charge is 0.317 e. The summed E-state index contributed by atoms with van der Waals surface area (Å²) in [5.74, 6) is 0.480. The van der Waals surface area contributed by atoms with Gasteiger partial charge in [0.2, 0.25) is 0 Å². The van der Waals surface area contributed by atoms with E-state index in [0.29, 0.717) is 12.5 Å². The van der Waals surface area contributed by atoms with Crippen LogP contribution in [0.15, 0.2) is 24.5 Å². The zero-order chi connectivity index (χ0) is 14.9. The van der Waals surface area contributed by atoms with E-state index in [1.165, 1.54) is 0 Å². The predicted molar refractivity (Wildman–Crippen MR) is 82.3 cm³/mol. The Hall–Kier alpha value is -1.82. The number of aromatic nitrogens is 1. The van der Waals surface area contributed by atoms with Crippen molar-refractivity contribution in [1.29, 1.82) is 0 Å². The third-order valence-electron chi connectivity index (χ3n) is 3.52. The summed E-state index contributed by atoms with van der Waals surface area (Å²) in [6, 6.07) is 3.86. The summed E-state index contributed by atoms with van der Waals surface area (Å²) in [6.45, 7) is 3.83. The summed E-state index contributed by atoms with van der Waals surface area (Å²) in [6.07, 6.45) is 5.46. The number of nitrogens with zero attached hydrogens (tertiary/aromatic N) is 2. The van der Waals surface area contributed by atoms with E-state index in [2.05, 4.69) is 15.6 Å². The maximum absolute atomic E-state index is 11.9. The standard InChI is InChI=1S/C15H24N4O2/c1-19(11-13-5-9-21-12-13)15(20)18-8-3-7-17-14-4-2-6-16-10-14/h2,4,6,10,13,17H,3,5,7-9,11-12H2,1H3,(H,18,20). The average Bonchev–Trinajstić information content (AvgIpc) is 3.00. The van der Waals surface area contributed by atoms with E-state index in [0.717, 1.165) is 44.8 Å². The maximum atomic E-state index is 11.9. The molecule has 2 heterocycles. The third kappa shape index (κ3) is 5.59. The van der Waals surface area contributed by atoms with Crippen molar-refractivity contribution in [2.45, 2.75) is 12.8 Å². The number of pyridine rings is 1. The van der Waals surface area contributed by atoms with Crippen molar-refractivity contribution in [2.24, 2.45) is 5.92 Å². The number of ether oxygens (including phenoxy) is 1. The Labute approximate surface area is 125 Å². The van der Waals surface area contributed by atoms with Gasteiger partial charge in [0.15, 0.2) is 0 Å². The normalized spacial score (nSPS) is 17.5. The van der Waals surface area contributed by atoms with Gasteiger partial charge in [-0.1, -0.05) is 0 Å². The minimum absolute atomic E-state index is 0.0109. The number of carbonyl (C=O) groups is 1. The van der Waals surface area contributed by atoms with E-state index in [-0.39, 0.29) is 6.03 Å². The summed E-state index contributed by atoms with van der Waals surface area (Å²) < 4.78 is 5.32. The molecule has 1 aromatic rings. The molecule has 1 saturated heterocycles. The van der Waals surface area contributed by atoms with E-state index in [1.54, 1.807) is 17.3 Å². The molecule has 2 amide bonds. The van der Waals surface area contributed by atoms with Crippen LogP contribution in [0.25, 0.3) is 0 Å². The molecule has 1 aliphatic heterocycles. The number of anilines is 1. The Bertz CT molecular complexity index is 421. The highest BCUT2D eigenvalue weighted by molar-refractivity contribution is 5.73. The maximum Gasteiger partial charge on any atom is 0.317 e. The fourth-order valence-corrected chi connectivity index (χ4v) is 2.32. The van der Waals surface area contributed by atoms with Gasteiger partial charge < -0.3 is 20.3 Å². The van der Waals surface area contributed by atoms with E-state index in [9.17, 15) is 4.79 Å². The molecule has 1 unspecified atom stereocenters. The molecular weight excluding hydrogens is 268 g/mol. The lowest BCUT2D eigenvalue weighted by Crippen LogP contribution is -2.40. The Morgan fingerprint density at radius 3 is 3.14 bits per heavy atom. The van der Waals surface area contributed by atoms with Crippen molar-refractivity contribution in [1.82, 2.24) is 15.2 Å². The van der Waals surface area contributed by atoms with Gasteiger partial charge in [0, 0.05) is 51.6 Å². The van der Waals surface area contributed by atoms with Gasteiger partial charge in [0.05, 0.1) is 12.3 Å². The van der Waals surface area contributed by atoms with Crippen LogP contribution in [-0.2, 0) is 4.74 Å². The Morgan fingerprint density at radius 2 is 2.43 bits per heavy atom. The molecule has 0 aromatic carbocycles. The molecule has 0 aliphatic carbocycles. The van der Waals surface area contributed by atoms with Crippen LogP contribution in [0.5, 0.6) is 0 Å². The zero-order valence-corrected chi connectivity index (χ0v) is 12.5. The number of urea groups is 1. The minimum atomic E-state index is -0.0109. The highest BCUT2D eigenvalue weighted by atomic mass is 16.5. The molecule has 1 aliphatic rings. The zero-order valence-electron chi connectivity index (χ0n) is 12.5. The second-order valence-corrected chi connectivity index (χ2v) is 5.36. The molecule has 2 rings (SSSR count). The quantitative estimate of drug-likeness (QED) is 0.749. The second-order valence-electron chi connectivity index (χ2n) is 5.36. The molecular formula is C15H24N4O2. The van der Waals surface area contributed by atoms with E-state index in [4.69, 9.17) is 4.74 Å². The first-order valence-corrected chi connectivity index (χ1v) is 7.46. The fourth-order valence-electron chi connectivity index (χ4n) is 2.32. The number of hydrogen-bond donors (Lipinski definition) is 2. The lowest BCUT2D eigenvalue weighted by molar-refractivity contribution is 0.171. The second kappa shape index (κ2) is 8.46. The first-order chi connectivity index (χ1) is 10.3. The fraction of sp³-hybridized carbons (Fsp3) is 0.600. The van der Waals surface area contributed by atoms with Crippen molar-refractivity contribution in [2.75, 3.05) is 45.2 Å². The van der Waals surface area contributed by atoms with Crippen LogP contribution in [0.2, 0.25) is 0 Å². The van der Waals surface area contributed by atoms with Gasteiger partial charge in [-0.25, -0.2) is 4.79 Å². The molecule has 0 saturated carbocycles. The minimum Gasteiger partial charge on any atom is -0.384 e. The van der Waals surface area contributed by atoms with Crippen molar-refractivity contribution in [3.8, 4) is 0 Å².